The Kier molecular flexibility index (Phi) is 7.41. The molecular formula is C13H11BrCl3NZr. The van der Waals surface area contributed by atoms with Crippen molar-refractivity contribution in [3.8, 4) is 0 Å². The van der Waals surface area contributed by atoms with Gasteiger partial charge in [0.15, 0.2) is 0 Å². The summed E-state index contributed by atoms with van der Waals surface area (Å²) in [5.41, 5.74) is 5.74. The van der Waals surface area contributed by atoms with E-state index in [1.807, 2.05) is 0 Å². The van der Waals surface area contributed by atoms with Crippen LogP contribution in [0.25, 0.3) is 17.0 Å². The molecule has 2 aromatic rings. The van der Waals surface area contributed by atoms with Gasteiger partial charge in [-0.05, 0) is 0 Å². The average molecular weight is 459 g/mol. The predicted molar refractivity (Wildman–Crippen MR) is 67.0 cm³/mol. The molecule has 0 aliphatic heterocycles. The van der Waals surface area contributed by atoms with Crippen LogP contribution in [0, 0.1) is 0 Å². The Morgan fingerprint density at radius 2 is 1.84 bits per heavy atom. The fourth-order valence-corrected chi connectivity index (χ4v) is 4.10. The maximum absolute atomic E-state index is 3.65. The molecule has 1 nitrogen and oxygen atoms in total. The molecular weight excluding hydrogens is 448 g/mol. The predicted octanol–water partition coefficient (Wildman–Crippen LogP) is -5.04. The summed E-state index contributed by atoms with van der Waals surface area (Å²) in [5.74, 6) is 0. The first-order valence-corrected chi connectivity index (χ1v) is 7.48. The summed E-state index contributed by atoms with van der Waals surface area (Å²) >= 11 is 5.23. The fraction of sp³-hybridized carbons (Fsp3) is 0.231. The average Bonchev–Trinajstić information content (AvgIpc) is 2.68. The second-order valence-corrected chi connectivity index (χ2v) is 6.59. The van der Waals surface area contributed by atoms with Crippen molar-refractivity contribution >= 4 is 32.9 Å². The molecule has 0 amide bonds. The molecule has 1 atom stereocenters. The first kappa shape index (κ1) is 19.7. The summed E-state index contributed by atoms with van der Waals surface area (Å²) in [4.78, 5) is 0. The molecule has 1 aromatic carbocycles. The second kappa shape index (κ2) is 7.14. The van der Waals surface area contributed by atoms with Crippen LogP contribution in [-0.4, -0.2) is 4.57 Å². The van der Waals surface area contributed by atoms with Gasteiger partial charge >= 0.3 is 119 Å². The Balaban J connectivity index is 0.00000108. The van der Waals surface area contributed by atoms with Gasteiger partial charge in [-0.25, -0.2) is 0 Å². The normalized spacial score (nSPS) is 16.1. The number of para-hydroxylation sites is 1. The van der Waals surface area contributed by atoms with Gasteiger partial charge in [-0.3, -0.25) is 0 Å². The zero-order valence-electron chi connectivity index (χ0n) is 10.3. The third-order valence-electron chi connectivity index (χ3n) is 3.36. The van der Waals surface area contributed by atoms with E-state index in [1.54, 1.807) is 24.7 Å². The van der Waals surface area contributed by atoms with Crippen LogP contribution in [0.1, 0.15) is 21.8 Å². The minimum absolute atomic E-state index is 0. The number of fused-ring (bicyclic) bond motifs is 3. The van der Waals surface area contributed by atoms with E-state index in [1.165, 1.54) is 32.2 Å². The van der Waals surface area contributed by atoms with Crippen molar-refractivity contribution < 1.29 is 61.9 Å². The van der Waals surface area contributed by atoms with E-state index in [9.17, 15) is 0 Å². The zero-order chi connectivity index (χ0) is 11.4. The van der Waals surface area contributed by atoms with Gasteiger partial charge in [0.05, 0.1) is 0 Å². The molecule has 19 heavy (non-hydrogen) atoms. The van der Waals surface area contributed by atoms with Crippen LogP contribution in [0.4, 0.5) is 0 Å². The van der Waals surface area contributed by atoms with Crippen LogP contribution in [-0.2, 0) is 31.8 Å². The minimum Gasteiger partial charge on any atom is -1.00 e. The van der Waals surface area contributed by atoms with Crippen LogP contribution in [0.3, 0.4) is 0 Å². The third-order valence-corrected chi connectivity index (χ3v) is 5.83. The Hall–Kier alpha value is 0.733. The fourth-order valence-electron chi connectivity index (χ4n) is 2.52. The molecule has 1 unspecified atom stereocenters. The Morgan fingerprint density at radius 1 is 1.21 bits per heavy atom. The molecule has 0 bridgehead atoms. The molecule has 3 rings (SSSR count). The molecule has 6 heteroatoms. The van der Waals surface area contributed by atoms with E-state index in [4.69, 9.17) is 0 Å². The van der Waals surface area contributed by atoms with Gasteiger partial charge in [0, 0.05) is 0 Å². The second-order valence-electron chi connectivity index (χ2n) is 4.32. The number of halogens is 4. The van der Waals surface area contributed by atoms with Gasteiger partial charge in [-0.2, -0.15) is 0 Å². The van der Waals surface area contributed by atoms with Crippen LogP contribution in [0.5, 0.6) is 0 Å². The van der Waals surface area contributed by atoms with E-state index < -0.39 is 0 Å². The molecule has 0 saturated carbocycles. The summed E-state index contributed by atoms with van der Waals surface area (Å²) in [7, 11) is 2.16. The number of benzene rings is 1. The molecule has 1 heterocycles. The summed E-state index contributed by atoms with van der Waals surface area (Å²) < 4.78 is 4.14. The summed E-state index contributed by atoms with van der Waals surface area (Å²) in [6, 6.07) is 6.48. The largest absolute Gasteiger partial charge is 1.00 e. The third kappa shape index (κ3) is 2.87. The van der Waals surface area contributed by atoms with Crippen molar-refractivity contribution in [3.05, 3.63) is 39.5 Å². The number of hydrogen-bond acceptors (Lipinski definition) is 0. The van der Waals surface area contributed by atoms with E-state index in [0.717, 1.165) is 0 Å². The molecule has 0 fully saturated rings. The maximum atomic E-state index is 3.65. The van der Waals surface area contributed by atoms with Crippen molar-refractivity contribution in [2.75, 3.05) is 0 Å². The van der Waals surface area contributed by atoms with Gasteiger partial charge in [-0.15, -0.1) is 0 Å². The number of hydrogen-bond donors (Lipinski definition) is 0. The van der Waals surface area contributed by atoms with Gasteiger partial charge in [0.25, 0.3) is 0 Å². The van der Waals surface area contributed by atoms with E-state index in [0.29, 0.717) is 3.63 Å². The molecule has 1 aromatic heterocycles. The van der Waals surface area contributed by atoms with Crippen LogP contribution < -0.4 is 37.2 Å². The Labute approximate surface area is 155 Å². The number of aryl methyl sites for hydroxylation is 1. The first-order valence-electron chi connectivity index (χ1n) is 5.27. The monoisotopic (exact) mass is 455 g/mol. The summed E-state index contributed by atoms with van der Waals surface area (Å²) in [6.07, 6.45) is 2.33. The summed E-state index contributed by atoms with van der Waals surface area (Å²) in [5, 5.41) is 1.40. The van der Waals surface area contributed by atoms with E-state index in [2.05, 4.69) is 58.7 Å². The van der Waals surface area contributed by atoms with Crippen LogP contribution in [0.15, 0.2) is 28.2 Å². The van der Waals surface area contributed by atoms with Crippen molar-refractivity contribution in [3.63, 3.8) is 0 Å². The van der Waals surface area contributed by atoms with Crippen LogP contribution >= 0.6 is 15.9 Å². The van der Waals surface area contributed by atoms with Gasteiger partial charge < -0.3 is 37.2 Å². The van der Waals surface area contributed by atoms with E-state index in [-0.39, 0.29) is 37.2 Å². The molecule has 100 valence electrons. The molecule has 1 aliphatic rings. The van der Waals surface area contributed by atoms with Crippen molar-refractivity contribution in [2.45, 2.75) is 10.5 Å². The smallest absolute Gasteiger partial charge is 1.00 e. The molecule has 0 saturated heterocycles. The number of rotatable bonds is 0. The van der Waals surface area contributed by atoms with Crippen molar-refractivity contribution in [1.82, 2.24) is 4.57 Å². The van der Waals surface area contributed by atoms with Crippen molar-refractivity contribution in [2.24, 2.45) is 7.05 Å². The van der Waals surface area contributed by atoms with Gasteiger partial charge in [-0.1, -0.05) is 0 Å². The standard InChI is InChI=1S/C13H11BrN.3ClH.Zr/c1-8-6-10-9-4-3-5-11(14)13(9)15(2)12(10)7-8;;;;/h3-7H,1-2H3;3*1H;/q;;;;+3/p-3. The Morgan fingerprint density at radius 3 is 2.47 bits per heavy atom. The summed E-state index contributed by atoms with van der Waals surface area (Å²) in [6.45, 7) is 2.24. The maximum Gasteiger partial charge on any atom is -1.00 e. The van der Waals surface area contributed by atoms with Gasteiger partial charge in [0.2, 0.25) is 0 Å². The molecule has 1 aliphatic carbocycles. The molecule has 0 N–H and O–H groups in total. The first-order chi connectivity index (χ1) is 7.61. The van der Waals surface area contributed by atoms with Gasteiger partial charge in [0.1, 0.15) is 0 Å². The SMILES string of the molecule is CC1=Cc2c(c3cccc(Br)c3n2C)[CH]1[Zr+3].[Cl-].[Cl-].[Cl-]. The number of aromatic nitrogens is 1. The van der Waals surface area contributed by atoms with Crippen LogP contribution in [0.2, 0.25) is 0 Å². The number of nitrogens with zero attached hydrogens (tertiary/aromatic N) is 1. The Bertz CT molecular complexity index is 636. The van der Waals surface area contributed by atoms with Crippen molar-refractivity contribution in [1.29, 1.82) is 0 Å². The zero-order valence-corrected chi connectivity index (χ0v) is 16.7. The molecule has 0 radical (unpaired) electrons. The topological polar surface area (TPSA) is 4.93 Å². The molecule has 0 spiro atoms. The number of allylic oxidation sites excluding steroid dienone is 1. The quantitative estimate of drug-likeness (QED) is 0.373. The minimum atomic E-state index is 0. The van der Waals surface area contributed by atoms with E-state index >= 15 is 0 Å².